The van der Waals surface area contributed by atoms with Crippen molar-refractivity contribution in [2.45, 2.75) is 26.4 Å². The van der Waals surface area contributed by atoms with Gasteiger partial charge in [-0.05, 0) is 74.9 Å². The van der Waals surface area contributed by atoms with E-state index in [-0.39, 0.29) is 22.6 Å². The van der Waals surface area contributed by atoms with Gasteiger partial charge in [0.15, 0.2) is 0 Å². The van der Waals surface area contributed by atoms with Gasteiger partial charge < -0.3 is 19.9 Å². The van der Waals surface area contributed by atoms with E-state index in [2.05, 4.69) is 10.3 Å². The summed E-state index contributed by atoms with van der Waals surface area (Å²) >= 11 is 0. The Morgan fingerprint density at radius 1 is 0.865 bits per heavy atom. The third kappa shape index (κ3) is 5.95. The van der Waals surface area contributed by atoms with Gasteiger partial charge in [-0.3, -0.25) is 9.78 Å². The zero-order valence-electron chi connectivity index (χ0n) is 21.1. The number of para-hydroxylation sites is 1. The molecule has 1 heterocycles. The number of hydrogen-bond acceptors (Lipinski definition) is 6. The van der Waals surface area contributed by atoms with Crippen molar-refractivity contribution >= 4 is 17.6 Å². The number of ether oxygens (including phenoxy) is 2. The van der Waals surface area contributed by atoms with Gasteiger partial charge >= 0.3 is 5.97 Å². The number of carbonyl (C=O) groups excluding carboxylic acids is 2. The van der Waals surface area contributed by atoms with Gasteiger partial charge in [0.1, 0.15) is 17.1 Å². The number of esters is 1. The van der Waals surface area contributed by atoms with Crippen LogP contribution in [0.15, 0.2) is 85.1 Å². The van der Waals surface area contributed by atoms with E-state index < -0.39 is 17.5 Å². The fraction of sp³-hybridized carbons (Fsp3) is 0.167. The van der Waals surface area contributed by atoms with Crippen molar-refractivity contribution in [3.63, 3.8) is 0 Å². The van der Waals surface area contributed by atoms with E-state index in [0.29, 0.717) is 17.0 Å². The van der Waals surface area contributed by atoms with Crippen LogP contribution in [0.3, 0.4) is 0 Å². The van der Waals surface area contributed by atoms with E-state index in [1.54, 1.807) is 70.5 Å². The molecule has 3 aromatic carbocycles. The molecule has 7 nitrogen and oxygen atoms in total. The minimum absolute atomic E-state index is 0.0426. The van der Waals surface area contributed by atoms with E-state index in [1.807, 2.05) is 36.4 Å². The van der Waals surface area contributed by atoms with Crippen LogP contribution in [0.4, 0.5) is 5.69 Å². The van der Waals surface area contributed by atoms with Crippen LogP contribution >= 0.6 is 0 Å². The Labute approximate surface area is 215 Å². The predicted octanol–water partition coefficient (Wildman–Crippen LogP) is 6.34. The average Bonchev–Trinajstić information content (AvgIpc) is 2.88. The maximum Gasteiger partial charge on any atom is 0.340 e. The van der Waals surface area contributed by atoms with Gasteiger partial charge in [0.05, 0.1) is 29.6 Å². The molecular weight excluding hydrogens is 468 g/mol. The Morgan fingerprint density at radius 3 is 2.30 bits per heavy atom. The second-order valence-corrected chi connectivity index (χ2v) is 9.36. The monoisotopic (exact) mass is 496 g/mol. The first-order chi connectivity index (χ1) is 17.7. The lowest BCUT2D eigenvalue weighted by Gasteiger charge is -2.21. The molecule has 1 amide bonds. The summed E-state index contributed by atoms with van der Waals surface area (Å²) in [5, 5.41) is 13.3. The van der Waals surface area contributed by atoms with Crippen molar-refractivity contribution in [1.29, 1.82) is 0 Å². The number of amides is 1. The minimum Gasteiger partial charge on any atom is -0.507 e. The van der Waals surface area contributed by atoms with E-state index in [9.17, 15) is 14.7 Å². The van der Waals surface area contributed by atoms with Crippen molar-refractivity contribution in [3.05, 3.63) is 96.2 Å². The number of aromatic hydroxyl groups is 1. The number of aromatic nitrogens is 1. The van der Waals surface area contributed by atoms with Crippen LogP contribution in [0, 0.1) is 0 Å². The summed E-state index contributed by atoms with van der Waals surface area (Å²) in [5.74, 6) is -0.722. The van der Waals surface area contributed by atoms with Gasteiger partial charge in [0.25, 0.3) is 5.91 Å². The first kappa shape index (κ1) is 25.4. The first-order valence-corrected chi connectivity index (χ1v) is 11.7. The molecule has 0 unspecified atom stereocenters. The Balaban J connectivity index is 1.76. The molecule has 1 aromatic heterocycles. The van der Waals surface area contributed by atoms with E-state index in [0.717, 1.165) is 11.1 Å². The molecule has 2 N–H and O–H groups in total. The lowest BCUT2D eigenvalue weighted by Crippen LogP contribution is -2.25. The number of carbonyl (C=O) groups is 2. The summed E-state index contributed by atoms with van der Waals surface area (Å²) in [5.41, 5.74) is 2.58. The molecule has 7 heteroatoms. The smallest absolute Gasteiger partial charge is 0.340 e. The van der Waals surface area contributed by atoms with Crippen LogP contribution in [0.25, 0.3) is 22.4 Å². The van der Waals surface area contributed by atoms with Crippen molar-refractivity contribution in [2.75, 3.05) is 12.4 Å². The fourth-order valence-electron chi connectivity index (χ4n) is 3.81. The number of phenols is 1. The van der Waals surface area contributed by atoms with Gasteiger partial charge in [0, 0.05) is 17.3 Å². The molecule has 0 radical (unpaired) electrons. The zero-order valence-corrected chi connectivity index (χ0v) is 21.1. The minimum atomic E-state index is -0.727. The fourth-order valence-corrected chi connectivity index (χ4v) is 3.81. The Morgan fingerprint density at radius 2 is 1.59 bits per heavy atom. The molecule has 37 heavy (non-hydrogen) atoms. The summed E-state index contributed by atoms with van der Waals surface area (Å²) in [7, 11) is 1.58. The van der Waals surface area contributed by atoms with Gasteiger partial charge in [-0.15, -0.1) is 0 Å². The van der Waals surface area contributed by atoms with Crippen molar-refractivity contribution < 1.29 is 24.2 Å². The standard InChI is InChI=1S/C30H28N2O5/c1-30(2,3)37-29(35)22-14-12-19(21-9-5-6-11-27(21)36-4)18-25(22)32-28(34)23-17-20(13-15-26(23)33)24-10-7-8-16-31-24/h5-18,33H,1-4H3,(H,32,34). The normalized spacial score (nSPS) is 11.0. The second-order valence-electron chi connectivity index (χ2n) is 9.36. The van der Waals surface area contributed by atoms with Crippen molar-refractivity contribution in [2.24, 2.45) is 0 Å². The maximum atomic E-state index is 13.4. The number of nitrogens with zero attached hydrogens (tertiary/aromatic N) is 1. The molecule has 0 aliphatic carbocycles. The molecule has 4 rings (SSSR count). The molecule has 0 saturated heterocycles. The molecular formula is C30H28N2O5. The second kappa shape index (κ2) is 10.5. The Bertz CT molecular complexity index is 1440. The van der Waals surface area contributed by atoms with E-state index >= 15 is 0 Å². The number of nitrogens with one attached hydrogen (secondary N) is 1. The van der Waals surface area contributed by atoms with Crippen molar-refractivity contribution in [1.82, 2.24) is 4.98 Å². The lowest BCUT2D eigenvalue weighted by molar-refractivity contribution is 0.00707. The van der Waals surface area contributed by atoms with Crippen LogP contribution in [0.2, 0.25) is 0 Å². The van der Waals surface area contributed by atoms with Crippen LogP contribution in [0.5, 0.6) is 11.5 Å². The largest absolute Gasteiger partial charge is 0.507 e. The molecule has 0 fully saturated rings. The Kier molecular flexibility index (Phi) is 7.25. The van der Waals surface area contributed by atoms with Crippen LogP contribution < -0.4 is 10.1 Å². The quantitative estimate of drug-likeness (QED) is 0.303. The number of methoxy groups -OCH3 is 1. The van der Waals surface area contributed by atoms with Gasteiger partial charge in [-0.2, -0.15) is 0 Å². The van der Waals surface area contributed by atoms with Crippen molar-refractivity contribution in [3.8, 4) is 33.9 Å². The van der Waals surface area contributed by atoms with Gasteiger partial charge in [-0.25, -0.2) is 4.79 Å². The predicted molar refractivity (Wildman–Crippen MR) is 143 cm³/mol. The van der Waals surface area contributed by atoms with Gasteiger partial charge in [0.2, 0.25) is 0 Å². The highest BCUT2D eigenvalue weighted by molar-refractivity contribution is 6.10. The summed E-state index contributed by atoms with van der Waals surface area (Å²) in [6.07, 6.45) is 1.65. The Hall–Kier alpha value is -4.65. The molecule has 0 bridgehead atoms. The van der Waals surface area contributed by atoms with E-state index in [1.165, 1.54) is 6.07 Å². The highest BCUT2D eigenvalue weighted by Gasteiger charge is 2.23. The highest BCUT2D eigenvalue weighted by atomic mass is 16.6. The number of anilines is 1. The molecule has 0 spiro atoms. The molecule has 0 aliphatic rings. The third-order valence-electron chi connectivity index (χ3n) is 5.51. The van der Waals surface area contributed by atoms with Crippen LogP contribution in [0.1, 0.15) is 41.5 Å². The zero-order chi connectivity index (χ0) is 26.6. The number of phenolic OH excluding ortho intramolecular Hbond substituents is 1. The summed E-state index contributed by atoms with van der Waals surface area (Å²) in [6, 6.07) is 22.6. The third-order valence-corrected chi connectivity index (χ3v) is 5.51. The first-order valence-electron chi connectivity index (χ1n) is 11.7. The topological polar surface area (TPSA) is 97.8 Å². The SMILES string of the molecule is COc1ccccc1-c1ccc(C(=O)OC(C)(C)C)c(NC(=O)c2cc(-c3ccccn3)ccc2O)c1. The number of pyridine rings is 1. The molecule has 0 atom stereocenters. The average molecular weight is 497 g/mol. The number of rotatable bonds is 6. The molecule has 0 aliphatic heterocycles. The molecule has 0 saturated carbocycles. The lowest BCUT2D eigenvalue weighted by atomic mass is 10.0. The maximum absolute atomic E-state index is 13.4. The van der Waals surface area contributed by atoms with Crippen LogP contribution in [-0.4, -0.2) is 34.7 Å². The molecule has 4 aromatic rings. The van der Waals surface area contributed by atoms with E-state index in [4.69, 9.17) is 9.47 Å². The summed E-state index contributed by atoms with van der Waals surface area (Å²) in [4.78, 5) is 30.7. The summed E-state index contributed by atoms with van der Waals surface area (Å²) in [6.45, 7) is 5.31. The van der Waals surface area contributed by atoms with Crippen LogP contribution in [-0.2, 0) is 4.74 Å². The highest BCUT2D eigenvalue weighted by Crippen LogP contribution is 2.34. The molecule has 188 valence electrons. The number of hydrogen-bond donors (Lipinski definition) is 2. The number of benzene rings is 3. The summed E-state index contributed by atoms with van der Waals surface area (Å²) < 4.78 is 11.1. The van der Waals surface area contributed by atoms with Gasteiger partial charge in [-0.1, -0.05) is 30.3 Å².